The zero-order valence-electron chi connectivity index (χ0n) is 20.7. The summed E-state index contributed by atoms with van der Waals surface area (Å²) in [6.45, 7) is 15.0. The fraction of sp³-hybridized carbons (Fsp3) is 0.862. The van der Waals surface area contributed by atoms with E-state index in [1.54, 1.807) is 11.1 Å². The Morgan fingerprint density at radius 2 is 1.73 bits per heavy atom. The van der Waals surface area contributed by atoms with Gasteiger partial charge in [0.05, 0.1) is 6.10 Å². The molecule has 1 heteroatoms. The van der Waals surface area contributed by atoms with Gasteiger partial charge in [-0.1, -0.05) is 77.7 Å². The molecule has 0 saturated heterocycles. The molecular weight excluding hydrogens is 364 g/mol. The van der Waals surface area contributed by atoms with Gasteiger partial charge in [0, 0.05) is 0 Å². The molecule has 30 heavy (non-hydrogen) atoms. The third-order valence-corrected chi connectivity index (χ3v) is 10.8. The summed E-state index contributed by atoms with van der Waals surface area (Å²) in [7, 11) is 0. The lowest BCUT2D eigenvalue weighted by molar-refractivity contribution is 0.0315. The van der Waals surface area contributed by atoms with Gasteiger partial charge in [-0.25, -0.2) is 0 Å². The second-order valence-corrected chi connectivity index (χ2v) is 12.5. The van der Waals surface area contributed by atoms with Crippen molar-refractivity contribution >= 4 is 0 Å². The molecule has 0 aromatic heterocycles. The van der Waals surface area contributed by atoms with Gasteiger partial charge in [-0.05, 0) is 97.7 Å². The van der Waals surface area contributed by atoms with E-state index in [4.69, 9.17) is 0 Å². The third kappa shape index (κ3) is 3.66. The SMILES string of the molecule is CC[C@H](CC[C@@H](C)[C@@H]1CC[C@@H]2C3=CC=C4C[C@H](O)CC[C@]4(C)[C@@H]3CC[C@]21C)C(C)C. The fourth-order valence-corrected chi connectivity index (χ4v) is 8.65. The van der Waals surface area contributed by atoms with Crippen LogP contribution in [0.4, 0.5) is 0 Å². The number of fused-ring (bicyclic) bond motifs is 5. The van der Waals surface area contributed by atoms with Crippen LogP contribution in [0.5, 0.6) is 0 Å². The normalized spacial score (nSPS) is 42.7. The van der Waals surface area contributed by atoms with E-state index < -0.39 is 0 Å². The molecule has 1 nitrogen and oxygen atoms in total. The monoisotopic (exact) mass is 412 g/mol. The van der Waals surface area contributed by atoms with E-state index >= 15 is 0 Å². The van der Waals surface area contributed by atoms with Crippen molar-refractivity contribution in [1.82, 2.24) is 0 Å². The number of aliphatic hydroxyl groups excluding tert-OH is 1. The maximum absolute atomic E-state index is 10.2. The quantitative estimate of drug-likeness (QED) is 0.469. The molecule has 4 rings (SSSR count). The molecule has 3 saturated carbocycles. The van der Waals surface area contributed by atoms with Crippen molar-refractivity contribution in [3.05, 3.63) is 23.3 Å². The molecule has 1 N–H and O–H groups in total. The maximum atomic E-state index is 10.2. The average Bonchev–Trinajstić information content (AvgIpc) is 3.06. The molecule has 0 radical (unpaired) electrons. The summed E-state index contributed by atoms with van der Waals surface area (Å²) in [5.41, 5.74) is 4.17. The van der Waals surface area contributed by atoms with Crippen molar-refractivity contribution in [3.8, 4) is 0 Å². The lowest BCUT2D eigenvalue weighted by atomic mass is 9.50. The molecule has 170 valence electrons. The molecule has 0 aliphatic heterocycles. The number of aliphatic hydroxyl groups is 1. The minimum Gasteiger partial charge on any atom is -0.393 e. The third-order valence-electron chi connectivity index (χ3n) is 10.8. The Hall–Kier alpha value is -0.560. The van der Waals surface area contributed by atoms with E-state index in [0.29, 0.717) is 10.8 Å². The predicted octanol–water partition coefficient (Wildman–Crippen LogP) is 7.94. The van der Waals surface area contributed by atoms with Crippen LogP contribution in [0.1, 0.15) is 106 Å². The lowest BCUT2D eigenvalue weighted by Gasteiger charge is -2.55. The van der Waals surface area contributed by atoms with Gasteiger partial charge >= 0.3 is 0 Å². The number of hydrogen-bond acceptors (Lipinski definition) is 1. The molecule has 4 aliphatic rings. The van der Waals surface area contributed by atoms with Crippen LogP contribution in [0.2, 0.25) is 0 Å². The van der Waals surface area contributed by atoms with E-state index in [2.05, 4.69) is 53.7 Å². The van der Waals surface area contributed by atoms with Crippen LogP contribution in [0.3, 0.4) is 0 Å². The Bertz CT molecular complexity index is 686. The highest BCUT2D eigenvalue weighted by Gasteiger charge is 2.56. The first-order valence-electron chi connectivity index (χ1n) is 13.3. The second-order valence-electron chi connectivity index (χ2n) is 12.5. The first-order chi connectivity index (χ1) is 14.2. The van der Waals surface area contributed by atoms with Crippen molar-refractivity contribution in [2.24, 2.45) is 46.3 Å². The van der Waals surface area contributed by atoms with Crippen LogP contribution in [0.25, 0.3) is 0 Å². The Balaban J connectivity index is 1.51. The molecule has 0 bridgehead atoms. The van der Waals surface area contributed by atoms with Gasteiger partial charge in [-0.2, -0.15) is 0 Å². The molecule has 0 amide bonds. The van der Waals surface area contributed by atoms with Gasteiger partial charge in [0.25, 0.3) is 0 Å². The molecule has 3 fully saturated rings. The van der Waals surface area contributed by atoms with Crippen molar-refractivity contribution < 1.29 is 5.11 Å². The minimum absolute atomic E-state index is 0.109. The van der Waals surface area contributed by atoms with Crippen LogP contribution in [-0.4, -0.2) is 11.2 Å². The van der Waals surface area contributed by atoms with Crippen molar-refractivity contribution in [1.29, 1.82) is 0 Å². The van der Waals surface area contributed by atoms with Crippen LogP contribution in [-0.2, 0) is 0 Å². The molecule has 0 unspecified atom stereocenters. The topological polar surface area (TPSA) is 20.2 Å². The van der Waals surface area contributed by atoms with E-state index in [0.717, 1.165) is 48.3 Å². The number of rotatable bonds is 6. The van der Waals surface area contributed by atoms with Crippen molar-refractivity contribution in [2.75, 3.05) is 0 Å². The largest absolute Gasteiger partial charge is 0.393 e. The van der Waals surface area contributed by atoms with Crippen LogP contribution in [0, 0.1) is 46.3 Å². The second kappa shape index (κ2) is 8.42. The molecule has 0 spiro atoms. The van der Waals surface area contributed by atoms with Crippen molar-refractivity contribution in [2.45, 2.75) is 112 Å². The van der Waals surface area contributed by atoms with E-state index in [1.165, 1.54) is 51.4 Å². The molecule has 0 aromatic rings. The molecule has 8 atom stereocenters. The Morgan fingerprint density at radius 1 is 0.967 bits per heavy atom. The Labute approximate surface area is 186 Å². The van der Waals surface area contributed by atoms with Gasteiger partial charge < -0.3 is 5.11 Å². The molecule has 4 aliphatic carbocycles. The summed E-state index contributed by atoms with van der Waals surface area (Å²) in [6.07, 6.45) is 17.8. The van der Waals surface area contributed by atoms with Crippen LogP contribution < -0.4 is 0 Å². The van der Waals surface area contributed by atoms with Gasteiger partial charge in [-0.3, -0.25) is 0 Å². The summed E-state index contributed by atoms with van der Waals surface area (Å²) in [6, 6.07) is 0. The number of hydrogen-bond donors (Lipinski definition) is 1. The van der Waals surface area contributed by atoms with Gasteiger partial charge in [0.2, 0.25) is 0 Å². The smallest absolute Gasteiger partial charge is 0.0578 e. The van der Waals surface area contributed by atoms with E-state index in [-0.39, 0.29) is 6.10 Å². The average molecular weight is 413 g/mol. The summed E-state index contributed by atoms with van der Waals surface area (Å²) in [5.74, 6) is 5.03. The van der Waals surface area contributed by atoms with Crippen molar-refractivity contribution in [3.63, 3.8) is 0 Å². The van der Waals surface area contributed by atoms with Gasteiger partial charge in [0.1, 0.15) is 0 Å². The zero-order chi connectivity index (χ0) is 21.7. The maximum Gasteiger partial charge on any atom is 0.0578 e. The van der Waals surface area contributed by atoms with E-state index in [1.807, 2.05) is 0 Å². The summed E-state index contributed by atoms with van der Waals surface area (Å²) < 4.78 is 0. The first kappa shape index (κ1) is 22.6. The summed E-state index contributed by atoms with van der Waals surface area (Å²) in [5, 5.41) is 10.2. The molecule has 0 heterocycles. The Kier molecular flexibility index (Phi) is 6.35. The zero-order valence-corrected chi connectivity index (χ0v) is 20.7. The highest BCUT2D eigenvalue weighted by Crippen LogP contribution is 2.66. The number of allylic oxidation sites excluding steroid dienone is 3. The highest BCUT2D eigenvalue weighted by atomic mass is 16.3. The minimum atomic E-state index is -0.109. The Morgan fingerprint density at radius 3 is 2.43 bits per heavy atom. The molecular formula is C29H48O. The van der Waals surface area contributed by atoms with Crippen LogP contribution in [0.15, 0.2) is 23.3 Å². The van der Waals surface area contributed by atoms with E-state index in [9.17, 15) is 5.11 Å². The standard InChI is InChI=1S/C29H48O/c1-7-21(19(2)3)9-8-20(4)25-12-13-26-24-11-10-22-18-23(30)14-16-28(22,5)27(24)15-17-29(25,26)6/h10-11,19-21,23,25-27,30H,7-9,12-18H2,1-6H3/t20-,21-,23-,25+,26-,27-,28+,29+/m1/s1. The summed E-state index contributed by atoms with van der Waals surface area (Å²) >= 11 is 0. The predicted molar refractivity (Wildman–Crippen MR) is 128 cm³/mol. The highest BCUT2D eigenvalue weighted by molar-refractivity contribution is 5.38. The first-order valence-corrected chi connectivity index (χ1v) is 13.3. The summed E-state index contributed by atoms with van der Waals surface area (Å²) in [4.78, 5) is 0. The fourth-order valence-electron chi connectivity index (χ4n) is 8.65. The molecule has 0 aromatic carbocycles. The van der Waals surface area contributed by atoms with Crippen LogP contribution >= 0.6 is 0 Å². The lowest BCUT2D eigenvalue weighted by Crippen LogP contribution is -2.46. The van der Waals surface area contributed by atoms with Gasteiger partial charge in [-0.15, -0.1) is 0 Å². The van der Waals surface area contributed by atoms with Gasteiger partial charge in [0.15, 0.2) is 0 Å².